The molecule has 4 nitrogen and oxygen atoms in total. The van der Waals surface area contributed by atoms with E-state index in [4.69, 9.17) is 9.47 Å². The Morgan fingerprint density at radius 2 is 0.809 bits per heavy atom. The van der Waals surface area contributed by atoms with Gasteiger partial charge in [0.1, 0.15) is 6.10 Å². The van der Waals surface area contributed by atoms with Gasteiger partial charge in [-0.2, -0.15) is 0 Å². The summed E-state index contributed by atoms with van der Waals surface area (Å²) >= 11 is 0. The summed E-state index contributed by atoms with van der Waals surface area (Å²) in [7, 11) is 0. The third kappa shape index (κ3) is 40.1. The van der Waals surface area contributed by atoms with Crippen molar-refractivity contribution in [3.8, 4) is 0 Å². The molecule has 0 amide bonds. The Hall–Kier alpha value is -0.200. The Bertz CT molecular complexity index is 615. The number of hydrogen-bond acceptors (Lipinski definition) is 3. The molecule has 0 aromatic rings. The second kappa shape index (κ2) is 43.8. The molecule has 2 atom stereocenters. The molecule has 5 heteroatoms. The lowest BCUT2D eigenvalue weighted by atomic mass is 10.1. The third-order valence-electron chi connectivity index (χ3n) is 9.23. The predicted molar refractivity (Wildman–Crippen MR) is 203 cm³/mol. The molecule has 0 fully saturated rings. The molecule has 0 spiro atoms. The van der Waals surface area contributed by atoms with Gasteiger partial charge in [-0.3, -0.25) is 0 Å². The van der Waals surface area contributed by atoms with Crippen molar-refractivity contribution in [3.63, 3.8) is 0 Å². The van der Waals surface area contributed by atoms with Crippen LogP contribution in [-0.2, 0) is 9.47 Å². The van der Waals surface area contributed by atoms with Crippen molar-refractivity contribution in [2.75, 3.05) is 26.4 Å². The van der Waals surface area contributed by atoms with Crippen LogP contribution in [0.1, 0.15) is 207 Å². The molecule has 282 valence electrons. The average Bonchev–Trinajstić information content (AvgIpc) is 3.06. The lowest BCUT2D eigenvalue weighted by molar-refractivity contribution is -0.734. The fourth-order valence-corrected chi connectivity index (χ4v) is 6.05. The zero-order valence-electron chi connectivity index (χ0n) is 32.0. The first-order valence-electron chi connectivity index (χ1n) is 20.7. The van der Waals surface area contributed by atoms with Crippen molar-refractivity contribution in [1.82, 2.24) is 0 Å². The van der Waals surface area contributed by atoms with Crippen LogP contribution < -0.4 is 22.3 Å². The van der Waals surface area contributed by atoms with E-state index in [1.807, 2.05) is 0 Å². The normalized spacial score (nSPS) is 13.1. The average molecular weight is 731 g/mol. The van der Waals surface area contributed by atoms with Gasteiger partial charge in [0.25, 0.3) is 0 Å². The maximum Gasteiger partial charge on any atom is 0.216 e. The number of quaternary nitrogens is 1. The molecule has 2 unspecified atom stereocenters. The molecule has 0 saturated carbocycles. The van der Waals surface area contributed by atoms with Crippen molar-refractivity contribution < 1.29 is 36.9 Å². The van der Waals surface area contributed by atoms with Gasteiger partial charge in [-0.05, 0) is 71.1 Å². The predicted octanol–water partition coefficient (Wildman–Crippen LogP) is 8.76. The SMILES string of the molecule is CCCCCCCC/C=C\CCCCCCCCOC(C)C([NH2+]CCCO)OCCCCCCCC/C=C\CCCCCCCC.[Br-]. The Kier molecular flexibility index (Phi) is 45.6. The zero-order valence-corrected chi connectivity index (χ0v) is 33.6. The molecule has 0 rings (SSSR count). The smallest absolute Gasteiger partial charge is 0.216 e. The highest BCUT2D eigenvalue weighted by atomic mass is 79.9. The quantitative estimate of drug-likeness (QED) is 0.0378. The van der Waals surface area contributed by atoms with Gasteiger partial charge in [-0.25, -0.2) is 0 Å². The highest BCUT2D eigenvalue weighted by Crippen LogP contribution is 2.12. The van der Waals surface area contributed by atoms with E-state index in [0.717, 1.165) is 39.0 Å². The number of hydrogen-bond donors (Lipinski definition) is 2. The molecule has 0 radical (unpaired) electrons. The summed E-state index contributed by atoms with van der Waals surface area (Å²) in [6.07, 6.45) is 47.8. The number of aliphatic hydroxyl groups excluding tert-OH is 1. The van der Waals surface area contributed by atoms with Gasteiger partial charge in [0, 0.05) is 19.6 Å². The number of ether oxygens (including phenoxy) is 2. The molecular weight excluding hydrogens is 646 g/mol. The molecule has 47 heavy (non-hydrogen) atoms. The van der Waals surface area contributed by atoms with Crippen LogP contribution in [0.4, 0.5) is 0 Å². The van der Waals surface area contributed by atoms with Crippen LogP contribution in [0.15, 0.2) is 24.3 Å². The molecule has 0 aliphatic heterocycles. The van der Waals surface area contributed by atoms with E-state index < -0.39 is 0 Å². The summed E-state index contributed by atoms with van der Waals surface area (Å²) in [6, 6.07) is 0. The van der Waals surface area contributed by atoms with Crippen molar-refractivity contribution in [2.45, 2.75) is 219 Å². The van der Waals surface area contributed by atoms with Gasteiger partial charge in [-0.1, -0.05) is 154 Å². The molecule has 0 aliphatic rings. The van der Waals surface area contributed by atoms with Crippen LogP contribution in [0.5, 0.6) is 0 Å². The van der Waals surface area contributed by atoms with Crippen LogP contribution >= 0.6 is 0 Å². The summed E-state index contributed by atoms with van der Waals surface area (Å²) in [5, 5.41) is 11.4. The van der Waals surface area contributed by atoms with Gasteiger partial charge in [-0.15, -0.1) is 0 Å². The van der Waals surface area contributed by atoms with Gasteiger partial charge >= 0.3 is 0 Å². The zero-order chi connectivity index (χ0) is 33.4. The molecule has 0 saturated heterocycles. The van der Waals surface area contributed by atoms with E-state index in [2.05, 4.69) is 50.4 Å². The Balaban J connectivity index is 0. The number of unbranched alkanes of at least 4 members (excludes halogenated alkanes) is 24. The van der Waals surface area contributed by atoms with Crippen LogP contribution in [-0.4, -0.2) is 43.8 Å². The number of aliphatic hydroxyl groups is 1. The van der Waals surface area contributed by atoms with Crippen molar-refractivity contribution >= 4 is 0 Å². The summed E-state index contributed by atoms with van der Waals surface area (Å²) in [5.41, 5.74) is 0. The van der Waals surface area contributed by atoms with Crippen LogP contribution in [0.25, 0.3) is 0 Å². The van der Waals surface area contributed by atoms with Crippen LogP contribution in [0.2, 0.25) is 0 Å². The lowest BCUT2D eigenvalue weighted by Crippen LogP contribution is -3.00. The van der Waals surface area contributed by atoms with E-state index in [1.165, 1.54) is 167 Å². The molecule has 0 aromatic carbocycles. The van der Waals surface area contributed by atoms with Gasteiger partial charge in [0.15, 0.2) is 0 Å². The first-order valence-corrected chi connectivity index (χ1v) is 20.7. The van der Waals surface area contributed by atoms with E-state index in [9.17, 15) is 5.11 Å². The molecular formula is C42H84BrNO3. The Morgan fingerprint density at radius 3 is 1.19 bits per heavy atom. The number of allylic oxidation sites excluding steroid dienone is 4. The third-order valence-corrected chi connectivity index (χ3v) is 9.23. The van der Waals surface area contributed by atoms with Crippen LogP contribution in [0.3, 0.4) is 0 Å². The summed E-state index contributed by atoms with van der Waals surface area (Å²) < 4.78 is 12.5. The van der Waals surface area contributed by atoms with Gasteiger partial charge < -0.3 is 36.9 Å². The topological polar surface area (TPSA) is 55.3 Å². The maximum atomic E-state index is 9.22. The summed E-state index contributed by atoms with van der Waals surface area (Å²) in [6.45, 7) is 9.48. The van der Waals surface area contributed by atoms with Crippen LogP contribution in [0, 0.1) is 0 Å². The van der Waals surface area contributed by atoms with E-state index >= 15 is 0 Å². The number of rotatable bonds is 39. The van der Waals surface area contributed by atoms with Gasteiger partial charge in [0.2, 0.25) is 6.23 Å². The first kappa shape index (κ1) is 48.9. The number of halogens is 1. The molecule has 0 heterocycles. The van der Waals surface area contributed by atoms with E-state index in [0.29, 0.717) is 0 Å². The van der Waals surface area contributed by atoms with E-state index in [1.54, 1.807) is 0 Å². The lowest BCUT2D eigenvalue weighted by Gasteiger charge is -2.23. The largest absolute Gasteiger partial charge is 1.00 e. The minimum Gasteiger partial charge on any atom is -1.00 e. The second-order valence-corrected chi connectivity index (χ2v) is 13.9. The van der Waals surface area contributed by atoms with Gasteiger partial charge in [0.05, 0.1) is 13.2 Å². The van der Waals surface area contributed by atoms with Crippen molar-refractivity contribution in [3.05, 3.63) is 24.3 Å². The maximum absolute atomic E-state index is 9.22. The fraction of sp³-hybridized carbons (Fsp3) is 0.905. The Labute approximate surface area is 305 Å². The highest BCUT2D eigenvalue weighted by Gasteiger charge is 2.21. The fourth-order valence-electron chi connectivity index (χ4n) is 6.05. The Morgan fingerprint density at radius 1 is 0.468 bits per heavy atom. The summed E-state index contributed by atoms with van der Waals surface area (Å²) in [4.78, 5) is 0. The van der Waals surface area contributed by atoms with Crippen molar-refractivity contribution in [1.29, 1.82) is 0 Å². The minimum atomic E-state index is 0. The minimum absolute atomic E-state index is 0. The monoisotopic (exact) mass is 730 g/mol. The summed E-state index contributed by atoms with van der Waals surface area (Å²) in [5.74, 6) is 0. The molecule has 0 bridgehead atoms. The highest BCUT2D eigenvalue weighted by molar-refractivity contribution is 4.82. The molecule has 3 N–H and O–H groups in total. The molecule has 0 aliphatic carbocycles. The standard InChI is InChI=1S/C42H83NO3.BrH/c1-4-6-8-10-12-14-16-18-20-22-24-26-28-30-32-34-39-45-41(3)42(43-37-36-38-44)46-40-35-33-31-29-27-25-23-21-19-17-15-13-11-9-7-5-2;/h18-21,41-44H,4-17,22-40H2,1-3H3;1H/b20-18-,21-19-;. The molecule has 0 aromatic heterocycles. The number of nitrogens with two attached hydrogens (primary N) is 1. The second-order valence-electron chi connectivity index (χ2n) is 13.9. The van der Waals surface area contributed by atoms with Crippen molar-refractivity contribution in [2.24, 2.45) is 0 Å². The van der Waals surface area contributed by atoms with E-state index in [-0.39, 0.29) is 35.9 Å². The first-order chi connectivity index (χ1) is 22.8.